The third kappa shape index (κ3) is 3.27. The van der Waals surface area contributed by atoms with Gasteiger partial charge in [0.05, 0.1) is 0 Å². The molecule has 0 radical (unpaired) electrons. The fourth-order valence-electron chi connectivity index (χ4n) is 1.26. The lowest BCUT2D eigenvalue weighted by Crippen LogP contribution is -2.17. The Morgan fingerprint density at radius 1 is 1.50 bits per heavy atom. The van der Waals surface area contributed by atoms with E-state index in [4.69, 9.17) is 5.73 Å². The van der Waals surface area contributed by atoms with E-state index in [0.717, 1.165) is 16.6 Å². The van der Waals surface area contributed by atoms with Gasteiger partial charge >= 0.3 is 0 Å². The zero-order valence-electron chi connectivity index (χ0n) is 8.99. The highest BCUT2D eigenvalue weighted by Gasteiger charge is 2.05. The van der Waals surface area contributed by atoms with Crippen LogP contribution in [0, 0.1) is 0 Å². The van der Waals surface area contributed by atoms with Crippen LogP contribution in [0.5, 0.6) is 0 Å². The van der Waals surface area contributed by atoms with E-state index in [1.54, 1.807) is 11.3 Å². The summed E-state index contributed by atoms with van der Waals surface area (Å²) in [5.74, 6) is 0. The number of nitrogens with zero attached hydrogens (tertiary/aromatic N) is 2. The van der Waals surface area contributed by atoms with E-state index < -0.39 is 0 Å². The molecular weight excluding hydrogens is 194 g/mol. The van der Waals surface area contributed by atoms with Crippen molar-refractivity contribution in [1.82, 2.24) is 4.98 Å². The maximum atomic E-state index is 5.54. The highest BCUT2D eigenvalue weighted by molar-refractivity contribution is 7.15. The number of thiazole rings is 1. The molecule has 0 amide bonds. The van der Waals surface area contributed by atoms with E-state index >= 15 is 0 Å². The Hall–Kier alpha value is -0.610. The summed E-state index contributed by atoms with van der Waals surface area (Å²) in [5.41, 5.74) is 5.54. The Balaban J connectivity index is 2.39. The van der Waals surface area contributed by atoms with Crippen molar-refractivity contribution in [2.45, 2.75) is 32.7 Å². The van der Waals surface area contributed by atoms with Crippen LogP contribution in [0.3, 0.4) is 0 Å². The van der Waals surface area contributed by atoms with Crippen molar-refractivity contribution < 1.29 is 0 Å². The van der Waals surface area contributed by atoms with Crippen LogP contribution in [0.2, 0.25) is 0 Å². The first-order valence-corrected chi connectivity index (χ1v) is 5.95. The van der Waals surface area contributed by atoms with Gasteiger partial charge in [0, 0.05) is 31.2 Å². The van der Waals surface area contributed by atoms with Crippen molar-refractivity contribution in [1.29, 1.82) is 0 Å². The van der Waals surface area contributed by atoms with Gasteiger partial charge < -0.3 is 10.6 Å². The fourth-order valence-corrected chi connectivity index (χ4v) is 2.04. The first-order valence-electron chi connectivity index (χ1n) is 5.13. The van der Waals surface area contributed by atoms with Crippen molar-refractivity contribution in [2.24, 2.45) is 5.73 Å². The third-order valence-corrected chi connectivity index (χ3v) is 3.30. The zero-order chi connectivity index (χ0) is 10.4. The molecule has 0 fully saturated rings. The number of rotatable bonds is 6. The van der Waals surface area contributed by atoms with Crippen LogP contribution in [0.4, 0.5) is 5.13 Å². The maximum Gasteiger partial charge on any atom is 0.185 e. The summed E-state index contributed by atoms with van der Waals surface area (Å²) in [7, 11) is 2.09. The van der Waals surface area contributed by atoms with Crippen molar-refractivity contribution in [3.05, 3.63) is 11.1 Å². The number of aromatic nitrogens is 1. The largest absolute Gasteiger partial charge is 0.351 e. The fraction of sp³-hybridized carbons (Fsp3) is 0.700. The van der Waals surface area contributed by atoms with Gasteiger partial charge in [0.1, 0.15) is 0 Å². The molecule has 0 atom stereocenters. The van der Waals surface area contributed by atoms with E-state index in [1.165, 1.54) is 19.3 Å². The summed E-state index contributed by atoms with van der Waals surface area (Å²) in [5, 5.41) is 1.08. The van der Waals surface area contributed by atoms with Crippen molar-refractivity contribution in [3.63, 3.8) is 0 Å². The highest BCUT2D eigenvalue weighted by Crippen LogP contribution is 2.21. The van der Waals surface area contributed by atoms with Crippen molar-refractivity contribution in [3.8, 4) is 0 Å². The minimum absolute atomic E-state index is 0.598. The summed E-state index contributed by atoms with van der Waals surface area (Å²) in [6, 6.07) is 0. The molecule has 1 heterocycles. The van der Waals surface area contributed by atoms with Crippen LogP contribution in [-0.4, -0.2) is 18.6 Å². The van der Waals surface area contributed by atoms with Crippen LogP contribution >= 0.6 is 11.3 Å². The molecule has 0 aliphatic carbocycles. The quantitative estimate of drug-likeness (QED) is 0.737. The maximum absolute atomic E-state index is 5.54. The smallest absolute Gasteiger partial charge is 0.185 e. The molecule has 0 saturated carbocycles. The molecule has 0 aliphatic heterocycles. The molecule has 2 N–H and O–H groups in total. The first kappa shape index (κ1) is 11.5. The van der Waals surface area contributed by atoms with Gasteiger partial charge in [-0.2, -0.15) is 0 Å². The minimum atomic E-state index is 0.598. The summed E-state index contributed by atoms with van der Waals surface area (Å²) in [4.78, 5) is 7.69. The Bertz CT molecular complexity index is 260. The Morgan fingerprint density at radius 2 is 2.29 bits per heavy atom. The average Bonchev–Trinajstić information content (AvgIpc) is 2.66. The first-order chi connectivity index (χ1) is 6.77. The summed E-state index contributed by atoms with van der Waals surface area (Å²) >= 11 is 1.69. The minimum Gasteiger partial charge on any atom is -0.351 e. The molecule has 1 rings (SSSR count). The lowest BCUT2D eigenvalue weighted by molar-refractivity contribution is 0.704. The van der Waals surface area contributed by atoms with E-state index in [-0.39, 0.29) is 0 Å². The normalized spacial score (nSPS) is 10.5. The number of hydrogen-bond donors (Lipinski definition) is 1. The van der Waals surface area contributed by atoms with Crippen LogP contribution in [-0.2, 0) is 6.54 Å². The molecule has 3 nitrogen and oxygen atoms in total. The van der Waals surface area contributed by atoms with Crippen molar-refractivity contribution >= 4 is 16.5 Å². The summed E-state index contributed by atoms with van der Waals surface area (Å²) < 4.78 is 0. The second kappa shape index (κ2) is 5.98. The number of anilines is 1. The molecule has 0 saturated heterocycles. The lowest BCUT2D eigenvalue weighted by atomic mass is 10.2. The molecule has 0 unspecified atom stereocenters. The van der Waals surface area contributed by atoms with Crippen molar-refractivity contribution in [2.75, 3.05) is 18.5 Å². The molecule has 4 heteroatoms. The van der Waals surface area contributed by atoms with Gasteiger partial charge in [-0.1, -0.05) is 19.8 Å². The number of unbranched alkanes of at least 4 members (excludes halogenated alkanes) is 2. The average molecular weight is 213 g/mol. The van der Waals surface area contributed by atoms with E-state index in [9.17, 15) is 0 Å². The van der Waals surface area contributed by atoms with Gasteiger partial charge in [0.15, 0.2) is 5.13 Å². The Labute approximate surface area is 89.9 Å². The topological polar surface area (TPSA) is 42.2 Å². The van der Waals surface area contributed by atoms with E-state index in [1.807, 2.05) is 6.20 Å². The van der Waals surface area contributed by atoms with Gasteiger partial charge in [-0.25, -0.2) is 4.98 Å². The predicted molar refractivity (Wildman–Crippen MR) is 62.8 cm³/mol. The molecular formula is C10H19N3S. The molecule has 1 aromatic rings. The van der Waals surface area contributed by atoms with E-state index in [0.29, 0.717) is 6.54 Å². The molecule has 14 heavy (non-hydrogen) atoms. The van der Waals surface area contributed by atoms with Gasteiger partial charge in [-0.15, -0.1) is 11.3 Å². The highest BCUT2D eigenvalue weighted by atomic mass is 32.1. The van der Waals surface area contributed by atoms with Crippen LogP contribution in [0.1, 0.15) is 31.1 Å². The molecule has 0 aliphatic rings. The molecule has 0 bridgehead atoms. The van der Waals surface area contributed by atoms with Gasteiger partial charge in [0.25, 0.3) is 0 Å². The Kier molecular flexibility index (Phi) is 4.90. The molecule has 0 spiro atoms. The second-order valence-corrected chi connectivity index (χ2v) is 4.54. The molecule has 1 aromatic heterocycles. The Morgan fingerprint density at radius 3 is 2.86 bits per heavy atom. The summed E-state index contributed by atoms with van der Waals surface area (Å²) in [6.45, 7) is 3.90. The predicted octanol–water partition coefficient (Wildman–Crippen LogP) is 2.23. The van der Waals surface area contributed by atoms with Crippen LogP contribution < -0.4 is 10.6 Å². The zero-order valence-corrected chi connectivity index (χ0v) is 9.81. The lowest BCUT2D eigenvalue weighted by Gasteiger charge is -2.14. The van der Waals surface area contributed by atoms with Crippen LogP contribution in [0.15, 0.2) is 6.20 Å². The SMILES string of the molecule is CCCCCN(C)c1ncc(CN)s1. The molecule has 0 aromatic carbocycles. The standard InChI is InChI=1S/C10H19N3S/c1-3-4-5-6-13(2)10-12-8-9(7-11)14-10/h8H,3-7,11H2,1-2H3. The van der Waals surface area contributed by atoms with Gasteiger partial charge in [-0.3, -0.25) is 0 Å². The van der Waals surface area contributed by atoms with E-state index in [2.05, 4.69) is 23.9 Å². The number of nitrogens with two attached hydrogens (primary N) is 1. The second-order valence-electron chi connectivity index (χ2n) is 3.44. The van der Waals surface area contributed by atoms with Crippen LogP contribution in [0.25, 0.3) is 0 Å². The molecule has 80 valence electrons. The summed E-state index contributed by atoms with van der Waals surface area (Å²) in [6.07, 6.45) is 5.67. The number of hydrogen-bond acceptors (Lipinski definition) is 4. The van der Waals surface area contributed by atoms with Gasteiger partial charge in [0.2, 0.25) is 0 Å². The third-order valence-electron chi connectivity index (χ3n) is 2.17. The monoisotopic (exact) mass is 213 g/mol. The van der Waals surface area contributed by atoms with Gasteiger partial charge in [-0.05, 0) is 6.42 Å².